The number of halogens is 1. The summed E-state index contributed by atoms with van der Waals surface area (Å²) in [5, 5.41) is 12.8. The SMILES string of the molecule is COc1ccc(Br)c(C(=O)NCC(O)c2cccn2C)c1. The molecule has 1 heterocycles. The monoisotopic (exact) mass is 352 g/mol. The van der Waals surface area contributed by atoms with E-state index in [4.69, 9.17) is 4.74 Å². The van der Waals surface area contributed by atoms with Crippen molar-refractivity contribution < 1.29 is 14.6 Å². The van der Waals surface area contributed by atoms with Crippen LogP contribution in [0.5, 0.6) is 5.75 Å². The van der Waals surface area contributed by atoms with Gasteiger partial charge in [-0.05, 0) is 46.3 Å². The fourth-order valence-electron chi connectivity index (χ4n) is 2.02. The number of nitrogens with zero attached hydrogens (tertiary/aromatic N) is 1. The van der Waals surface area contributed by atoms with Gasteiger partial charge in [0, 0.05) is 30.0 Å². The van der Waals surface area contributed by atoms with Crippen LogP contribution in [0.15, 0.2) is 41.0 Å². The van der Waals surface area contributed by atoms with Crippen molar-refractivity contribution in [3.8, 4) is 5.75 Å². The molecule has 0 aliphatic carbocycles. The fraction of sp³-hybridized carbons (Fsp3) is 0.267. The first-order chi connectivity index (χ1) is 10.0. The van der Waals surface area contributed by atoms with Crippen molar-refractivity contribution in [1.29, 1.82) is 0 Å². The van der Waals surface area contributed by atoms with Gasteiger partial charge in [-0.1, -0.05) is 0 Å². The number of amides is 1. The maximum atomic E-state index is 12.2. The molecule has 0 bridgehead atoms. The molecular weight excluding hydrogens is 336 g/mol. The van der Waals surface area contributed by atoms with Crippen LogP contribution >= 0.6 is 15.9 Å². The number of aliphatic hydroxyl groups is 1. The van der Waals surface area contributed by atoms with Gasteiger partial charge in [-0.25, -0.2) is 0 Å². The molecule has 0 aliphatic heterocycles. The highest BCUT2D eigenvalue weighted by molar-refractivity contribution is 9.10. The van der Waals surface area contributed by atoms with Crippen LogP contribution in [-0.4, -0.2) is 29.2 Å². The summed E-state index contributed by atoms with van der Waals surface area (Å²) in [6, 6.07) is 8.83. The second kappa shape index (κ2) is 6.78. The molecule has 2 rings (SSSR count). The summed E-state index contributed by atoms with van der Waals surface area (Å²) in [5.41, 5.74) is 1.22. The van der Waals surface area contributed by atoms with Crippen molar-refractivity contribution in [2.24, 2.45) is 7.05 Å². The molecule has 0 saturated carbocycles. The van der Waals surface area contributed by atoms with Gasteiger partial charge in [-0.3, -0.25) is 4.79 Å². The lowest BCUT2D eigenvalue weighted by molar-refractivity contribution is 0.0911. The highest BCUT2D eigenvalue weighted by Gasteiger charge is 2.15. The Bertz CT molecular complexity index is 640. The third kappa shape index (κ3) is 3.65. The maximum Gasteiger partial charge on any atom is 0.252 e. The van der Waals surface area contributed by atoms with Crippen molar-refractivity contribution >= 4 is 21.8 Å². The number of aliphatic hydroxyl groups excluding tert-OH is 1. The lowest BCUT2D eigenvalue weighted by Crippen LogP contribution is -2.29. The number of methoxy groups -OCH3 is 1. The minimum Gasteiger partial charge on any atom is -0.497 e. The highest BCUT2D eigenvalue weighted by atomic mass is 79.9. The van der Waals surface area contributed by atoms with Gasteiger partial charge in [-0.15, -0.1) is 0 Å². The number of aromatic nitrogens is 1. The van der Waals surface area contributed by atoms with Crippen LogP contribution < -0.4 is 10.1 Å². The Labute approximate surface area is 131 Å². The van der Waals surface area contributed by atoms with Crippen molar-refractivity contribution in [3.05, 3.63) is 52.3 Å². The Hall–Kier alpha value is -1.79. The summed E-state index contributed by atoms with van der Waals surface area (Å²) in [7, 11) is 3.39. The van der Waals surface area contributed by atoms with Crippen molar-refractivity contribution in [1.82, 2.24) is 9.88 Å². The number of carbonyl (C=O) groups is 1. The van der Waals surface area contributed by atoms with Crippen molar-refractivity contribution in [2.45, 2.75) is 6.10 Å². The topological polar surface area (TPSA) is 63.5 Å². The van der Waals surface area contributed by atoms with E-state index in [1.807, 2.05) is 29.9 Å². The summed E-state index contributed by atoms with van der Waals surface area (Å²) < 4.78 is 7.60. The lowest BCUT2D eigenvalue weighted by atomic mass is 10.2. The molecule has 6 heteroatoms. The Morgan fingerprint density at radius 1 is 1.48 bits per heavy atom. The van der Waals surface area contributed by atoms with E-state index in [0.717, 1.165) is 5.69 Å². The molecule has 0 aliphatic rings. The van der Waals surface area contributed by atoms with E-state index in [2.05, 4.69) is 21.2 Å². The summed E-state index contributed by atoms with van der Waals surface area (Å²) in [6.07, 6.45) is 1.09. The molecule has 1 atom stereocenters. The van der Waals surface area contributed by atoms with Gasteiger partial charge in [0.15, 0.2) is 0 Å². The molecule has 112 valence electrons. The molecule has 0 fully saturated rings. The number of nitrogens with one attached hydrogen (secondary N) is 1. The van der Waals surface area contributed by atoms with E-state index >= 15 is 0 Å². The molecule has 1 unspecified atom stereocenters. The lowest BCUT2D eigenvalue weighted by Gasteiger charge is -2.14. The second-order valence-electron chi connectivity index (χ2n) is 4.62. The van der Waals surface area contributed by atoms with E-state index in [1.54, 1.807) is 25.3 Å². The van der Waals surface area contributed by atoms with Crippen LogP contribution in [-0.2, 0) is 7.05 Å². The molecule has 5 nitrogen and oxygen atoms in total. The molecule has 2 aromatic rings. The normalized spacial score (nSPS) is 12.0. The second-order valence-corrected chi connectivity index (χ2v) is 5.47. The number of aryl methyl sites for hydroxylation is 1. The van der Waals surface area contributed by atoms with Crippen LogP contribution in [0.25, 0.3) is 0 Å². The Morgan fingerprint density at radius 2 is 2.24 bits per heavy atom. The van der Waals surface area contributed by atoms with Gasteiger partial charge < -0.3 is 19.7 Å². The number of hydrogen-bond acceptors (Lipinski definition) is 3. The zero-order valence-corrected chi connectivity index (χ0v) is 13.4. The van der Waals surface area contributed by atoms with Crippen molar-refractivity contribution in [3.63, 3.8) is 0 Å². The number of ether oxygens (including phenoxy) is 1. The predicted octanol–water partition coefficient (Wildman–Crippen LogP) is 2.26. The highest BCUT2D eigenvalue weighted by Crippen LogP contribution is 2.22. The third-order valence-electron chi connectivity index (χ3n) is 3.20. The Morgan fingerprint density at radius 3 is 2.86 bits per heavy atom. The minimum absolute atomic E-state index is 0.139. The molecule has 2 N–H and O–H groups in total. The first-order valence-electron chi connectivity index (χ1n) is 6.44. The average Bonchev–Trinajstić information content (AvgIpc) is 2.91. The first kappa shape index (κ1) is 15.6. The Kier molecular flexibility index (Phi) is 5.03. The molecular formula is C15H17BrN2O3. The van der Waals surface area contributed by atoms with E-state index in [0.29, 0.717) is 15.8 Å². The molecule has 1 aromatic carbocycles. The van der Waals surface area contributed by atoms with Crippen LogP contribution in [0.2, 0.25) is 0 Å². The average molecular weight is 353 g/mol. The third-order valence-corrected chi connectivity index (χ3v) is 3.89. The molecule has 0 radical (unpaired) electrons. The predicted molar refractivity (Wildman–Crippen MR) is 83.4 cm³/mol. The summed E-state index contributed by atoms with van der Waals surface area (Å²) >= 11 is 3.33. The first-order valence-corrected chi connectivity index (χ1v) is 7.23. The summed E-state index contributed by atoms with van der Waals surface area (Å²) in [6.45, 7) is 0.139. The van der Waals surface area contributed by atoms with Gasteiger partial charge in [0.1, 0.15) is 11.9 Å². The van der Waals surface area contributed by atoms with Crippen LogP contribution in [0.3, 0.4) is 0 Å². The van der Waals surface area contributed by atoms with Crippen molar-refractivity contribution in [2.75, 3.05) is 13.7 Å². The van der Waals surface area contributed by atoms with Crippen LogP contribution in [0, 0.1) is 0 Å². The van der Waals surface area contributed by atoms with Gasteiger partial charge in [0.05, 0.1) is 12.7 Å². The van der Waals surface area contributed by atoms with Crippen LogP contribution in [0.1, 0.15) is 22.2 Å². The van der Waals surface area contributed by atoms with Gasteiger partial charge in [0.25, 0.3) is 5.91 Å². The number of benzene rings is 1. The standard InChI is InChI=1S/C15H17BrN2O3/c1-18-7-3-4-13(18)14(19)9-17-15(20)11-8-10(21-2)5-6-12(11)16/h3-8,14,19H,9H2,1-2H3,(H,17,20). The van der Waals surface area contributed by atoms with Gasteiger partial charge >= 0.3 is 0 Å². The quantitative estimate of drug-likeness (QED) is 0.867. The molecule has 1 amide bonds. The molecule has 0 saturated heterocycles. The maximum absolute atomic E-state index is 12.2. The smallest absolute Gasteiger partial charge is 0.252 e. The zero-order valence-electron chi connectivity index (χ0n) is 11.8. The largest absolute Gasteiger partial charge is 0.497 e. The number of hydrogen-bond donors (Lipinski definition) is 2. The van der Waals surface area contributed by atoms with Gasteiger partial charge in [0.2, 0.25) is 0 Å². The fourth-order valence-corrected chi connectivity index (χ4v) is 2.44. The van der Waals surface area contributed by atoms with Gasteiger partial charge in [-0.2, -0.15) is 0 Å². The summed E-state index contributed by atoms with van der Waals surface area (Å²) in [5.74, 6) is 0.334. The molecule has 0 spiro atoms. The molecule has 1 aromatic heterocycles. The molecule has 21 heavy (non-hydrogen) atoms. The minimum atomic E-state index is -0.752. The van der Waals surface area contributed by atoms with Crippen LogP contribution in [0.4, 0.5) is 0 Å². The van der Waals surface area contributed by atoms with E-state index in [-0.39, 0.29) is 12.5 Å². The summed E-state index contributed by atoms with van der Waals surface area (Å²) in [4.78, 5) is 12.2. The number of carbonyl (C=O) groups excluding carboxylic acids is 1. The van der Waals surface area contributed by atoms with E-state index in [9.17, 15) is 9.90 Å². The zero-order chi connectivity index (χ0) is 15.4. The van der Waals surface area contributed by atoms with E-state index in [1.165, 1.54) is 0 Å². The number of rotatable bonds is 5. The van der Waals surface area contributed by atoms with E-state index < -0.39 is 6.10 Å². The Balaban J connectivity index is 2.03.